The minimum absolute atomic E-state index is 0.642. The lowest BCUT2D eigenvalue weighted by atomic mass is 10.3. The number of hydrogen-bond acceptors (Lipinski definition) is 3. The quantitative estimate of drug-likeness (QED) is 0.692. The fraction of sp³-hybridized carbons (Fsp3) is 0.0833. The number of aryl methyl sites for hydroxylation is 1. The lowest BCUT2D eigenvalue weighted by Crippen LogP contribution is -1.89. The lowest BCUT2D eigenvalue weighted by Gasteiger charge is -1.96. The zero-order chi connectivity index (χ0) is 11.8. The molecule has 17 heavy (non-hydrogen) atoms. The van der Waals surface area contributed by atoms with Crippen LogP contribution in [-0.4, -0.2) is 19.6 Å². The van der Waals surface area contributed by atoms with Crippen LogP contribution >= 0.6 is 15.9 Å². The number of hydrogen-bond donors (Lipinski definition) is 0. The second kappa shape index (κ2) is 3.92. The maximum absolute atomic E-state index is 4.45. The van der Waals surface area contributed by atoms with Crippen LogP contribution in [0.25, 0.3) is 17.2 Å². The topological polar surface area (TPSA) is 43.1 Å². The highest BCUT2D eigenvalue weighted by Crippen LogP contribution is 2.19. The molecule has 0 aromatic carbocycles. The van der Waals surface area contributed by atoms with Gasteiger partial charge in [-0.15, -0.1) is 5.10 Å². The van der Waals surface area contributed by atoms with Crippen molar-refractivity contribution in [2.45, 2.75) is 6.92 Å². The summed E-state index contributed by atoms with van der Waals surface area (Å²) in [6.45, 7) is 2.03. The van der Waals surface area contributed by atoms with E-state index >= 15 is 0 Å². The third-order valence-electron chi connectivity index (χ3n) is 2.51. The monoisotopic (exact) mass is 288 g/mol. The van der Waals surface area contributed by atoms with E-state index in [0.717, 1.165) is 21.4 Å². The van der Waals surface area contributed by atoms with E-state index in [-0.39, 0.29) is 0 Å². The average molecular weight is 289 g/mol. The summed E-state index contributed by atoms with van der Waals surface area (Å²) in [6.07, 6.45) is 3.65. The Kier molecular flexibility index (Phi) is 2.40. The van der Waals surface area contributed by atoms with Crippen molar-refractivity contribution in [2.24, 2.45) is 0 Å². The molecule has 0 amide bonds. The molecule has 0 spiro atoms. The molecule has 0 atom stereocenters. The van der Waals surface area contributed by atoms with E-state index in [1.165, 1.54) is 0 Å². The van der Waals surface area contributed by atoms with Gasteiger partial charge in [-0.05, 0) is 46.6 Å². The first kappa shape index (κ1) is 10.4. The first-order valence-corrected chi connectivity index (χ1v) is 5.97. The summed E-state index contributed by atoms with van der Waals surface area (Å²) in [5.74, 6) is 0.642. The van der Waals surface area contributed by atoms with E-state index in [2.05, 4.69) is 31.0 Å². The van der Waals surface area contributed by atoms with Crippen molar-refractivity contribution in [3.63, 3.8) is 0 Å². The van der Waals surface area contributed by atoms with Crippen molar-refractivity contribution in [1.29, 1.82) is 0 Å². The molecule has 3 rings (SSSR count). The number of halogens is 1. The maximum atomic E-state index is 4.45. The predicted molar refractivity (Wildman–Crippen MR) is 68.7 cm³/mol. The van der Waals surface area contributed by atoms with Crippen LogP contribution in [-0.2, 0) is 0 Å². The normalized spacial score (nSPS) is 10.9. The van der Waals surface area contributed by atoms with Gasteiger partial charge in [0.2, 0.25) is 5.82 Å². The molecule has 0 aliphatic heterocycles. The second-order valence-corrected chi connectivity index (χ2v) is 4.61. The Morgan fingerprint density at radius 3 is 2.94 bits per heavy atom. The van der Waals surface area contributed by atoms with Gasteiger partial charge in [-0.2, -0.15) is 0 Å². The largest absolute Gasteiger partial charge is 0.253 e. The maximum Gasteiger partial charge on any atom is 0.200 e. The second-order valence-electron chi connectivity index (χ2n) is 3.76. The summed E-state index contributed by atoms with van der Waals surface area (Å²) in [7, 11) is 0. The minimum Gasteiger partial charge on any atom is -0.253 e. The van der Waals surface area contributed by atoms with Crippen LogP contribution in [0.3, 0.4) is 0 Å². The van der Waals surface area contributed by atoms with E-state index in [1.54, 1.807) is 10.7 Å². The molecule has 3 aromatic rings. The van der Waals surface area contributed by atoms with E-state index < -0.39 is 0 Å². The van der Waals surface area contributed by atoms with E-state index in [9.17, 15) is 0 Å². The average Bonchev–Trinajstić information content (AvgIpc) is 2.74. The van der Waals surface area contributed by atoms with Crippen LogP contribution in [0, 0.1) is 6.92 Å². The van der Waals surface area contributed by atoms with Crippen molar-refractivity contribution < 1.29 is 0 Å². The molecule has 0 fully saturated rings. The van der Waals surface area contributed by atoms with Crippen LogP contribution in [0.4, 0.5) is 0 Å². The number of fused-ring (bicyclic) bond motifs is 1. The molecule has 4 nitrogen and oxygen atoms in total. The van der Waals surface area contributed by atoms with Crippen molar-refractivity contribution in [2.75, 3.05) is 0 Å². The van der Waals surface area contributed by atoms with Crippen LogP contribution in [0.1, 0.15) is 5.56 Å². The van der Waals surface area contributed by atoms with Gasteiger partial charge in [0.1, 0.15) is 5.69 Å². The van der Waals surface area contributed by atoms with Crippen LogP contribution < -0.4 is 0 Å². The fourth-order valence-corrected chi connectivity index (χ4v) is 1.91. The summed E-state index contributed by atoms with van der Waals surface area (Å²) in [5, 5.41) is 4.40. The number of aromatic nitrogens is 4. The lowest BCUT2D eigenvalue weighted by molar-refractivity contribution is 0.953. The molecule has 3 aromatic heterocycles. The Hall–Kier alpha value is -1.75. The molecular formula is C12H9BrN4. The van der Waals surface area contributed by atoms with Gasteiger partial charge >= 0.3 is 0 Å². The third kappa shape index (κ3) is 1.82. The SMILES string of the molecule is Cc1cc2nc(-c3ccccn3)nn2cc1Br. The number of pyridine rings is 2. The van der Waals surface area contributed by atoms with Gasteiger partial charge in [0.05, 0.1) is 0 Å². The molecule has 0 aliphatic rings. The van der Waals surface area contributed by atoms with Crippen LogP contribution in [0.15, 0.2) is 41.1 Å². The van der Waals surface area contributed by atoms with E-state index in [0.29, 0.717) is 5.82 Å². The Morgan fingerprint density at radius 1 is 1.29 bits per heavy atom. The van der Waals surface area contributed by atoms with Crippen molar-refractivity contribution in [3.8, 4) is 11.5 Å². The van der Waals surface area contributed by atoms with Gasteiger partial charge in [-0.1, -0.05) is 6.07 Å². The van der Waals surface area contributed by atoms with Gasteiger partial charge in [0.15, 0.2) is 5.65 Å². The van der Waals surface area contributed by atoms with Gasteiger partial charge < -0.3 is 0 Å². The molecule has 0 bridgehead atoms. The van der Waals surface area contributed by atoms with Crippen LogP contribution in [0.5, 0.6) is 0 Å². The Labute approximate surface area is 106 Å². The zero-order valence-electron chi connectivity index (χ0n) is 9.13. The number of rotatable bonds is 1. The smallest absolute Gasteiger partial charge is 0.200 e. The summed E-state index contributed by atoms with van der Waals surface area (Å²) < 4.78 is 2.77. The van der Waals surface area contributed by atoms with Crippen molar-refractivity contribution in [1.82, 2.24) is 19.6 Å². The molecular weight excluding hydrogens is 280 g/mol. The minimum atomic E-state index is 0.642. The fourth-order valence-electron chi connectivity index (χ4n) is 1.60. The Bertz CT molecular complexity index is 637. The number of nitrogens with zero attached hydrogens (tertiary/aromatic N) is 4. The molecule has 84 valence electrons. The first-order valence-electron chi connectivity index (χ1n) is 5.18. The molecule has 0 N–H and O–H groups in total. The summed E-state index contributed by atoms with van der Waals surface area (Å²) >= 11 is 3.48. The standard InChI is InChI=1S/C12H9BrN4/c1-8-6-11-15-12(10-4-2-3-5-14-10)16-17(11)7-9(8)13/h2-7H,1H3. The molecule has 5 heteroatoms. The Morgan fingerprint density at radius 2 is 2.18 bits per heavy atom. The first-order chi connectivity index (χ1) is 8.24. The van der Waals surface area contributed by atoms with Crippen molar-refractivity contribution in [3.05, 3.63) is 46.7 Å². The van der Waals surface area contributed by atoms with Crippen molar-refractivity contribution >= 4 is 21.6 Å². The molecule has 0 saturated carbocycles. The highest BCUT2D eigenvalue weighted by Gasteiger charge is 2.08. The summed E-state index contributed by atoms with van der Waals surface area (Å²) in [4.78, 5) is 8.69. The molecule has 3 heterocycles. The van der Waals surface area contributed by atoms with Crippen LogP contribution in [0.2, 0.25) is 0 Å². The third-order valence-corrected chi connectivity index (χ3v) is 3.34. The molecule has 0 unspecified atom stereocenters. The van der Waals surface area contributed by atoms with Gasteiger partial charge in [-0.3, -0.25) is 4.98 Å². The van der Waals surface area contributed by atoms with E-state index in [1.807, 2.05) is 37.4 Å². The van der Waals surface area contributed by atoms with Gasteiger partial charge in [0.25, 0.3) is 0 Å². The highest BCUT2D eigenvalue weighted by atomic mass is 79.9. The van der Waals surface area contributed by atoms with Gasteiger partial charge in [-0.25, -0.2) is 9.50 Å². The zero-order valence-corrected chi connectivity index (χ0v) is 10.7. The predicted octanol–water partition coefficient (Wildman–Crippen LogP) is 2.86. The Balaban J connectivity index is 2.21. The molecule has 0 radical (unpaired) electrons. The van der Waals surface area contributed by atoms with Gasteiger partial charge in [0, 0.05) is 16.9 Å². The molecule has 0 saturated heterocycles. The molecule has 0 aliphatic carbocycles. The summed E-state index contributed by atoms with van der Waals surface area (Å²) in [6, 6.07) is 7.69. The van der Waals surface area contributed by atoms with E-state index in [4.69, 9.17) is 0 Å². The summed E-state index contributed by atoms with van der Waals surface area (Å²) in [5.41, 5.74) is 2.74. The highest BCUT2D eigenvalue weighted by molar-refractivity contribution is 9.10.